The van der Waals surface area contributed by atoms with Gasteiger partial charge in [-0.2, -0.15) is 0 Å². The van der Waals surface area contributed by atoms with Crippen LogP contribution >= 0.6 is 11.6 Å². The fraction of sp³-hybridized carbons (Fsp3) is 0.562. The summed E-state index contributed by atoms with van der Waals surface area (Å²) in [6.07, 6.45) is 0.812. The number of likely N-dealkylation sites (tertiary alicyclic amines) is 1. The summed E-state index contributed by atoms with van der Waals surface area (Å²) < 4.78 is 13.4. The van der Waals surface area contributed by atoms with E-state index in [4.69, 9.17) is 16.7 Å². The fourth-order valence-electron chi connectivity index (χ4n) is 2.91. The van der Waals surface area contributed by atoms with E-state index in [1.54, 1.807) is 12.1 Å². The van der Waals surface area contributed by atoms with Crippen molar-refractivity contribution in [2.75, 3.05) is 45.2 Å². The van der Waals surface area contributed by atoms with Gasteiger partial charge in [0.2, 0.25) is 0 Å². The van der Waals surface area contributed by atoms with E-state index in [1.165, 1.54) is 11.0 Å². The molecule has 2 rings (SSSR count). The van der Waals surface area contributed by atoms with Crippen molar-refractivity contribution < 1.29 is 14.3 Å². The summed E-state index contributed by atoms with van der Waals surface area (Å²) in [5, 5.41) is 9.23. The largest absolute Gasteiger partial charge is 0.465 e. The molecule has 128 valence electrons. The number of carbonyl (C=O) groups is 1. The monoisotopic (exact) mass is 343 g/mol. The van der Waals surface area contributed by atoms with E-state index in [1.807, 2.05) is 14.1 Å². The second-order valence-electron chi connectivity index (χ2n) is 6.12. The summed E-state index contributed by atoms with van der Waals surface area (Å²) in [5.41, 5.74) is 0.840. The molecule has 0 saturated carbocycles. The predicted molar refractivity (Wildman–Crippen MR) is 89.9 cm³/mol. The topological polar surface area (TPSA) is 47.0 Å². The smallest absolute Gasteiger partial charge is 0.407 e. The maximum Gasteiger partial charge on any atom is 0.407 e. The summed E-state index contributed by atoms with van der Waals surface area (Å²) in [5.74, 6) is -0.442. The molecule has 1 aromatic rings. The Labute approximate surface area is 141 Å². The summed E-state index contributed by atoms with van der Waals surface area (Å²) in [7, 11) is 4.03. The Kier molecular flexibility index (Phi) is 6.07. The summed E-state index contributed by atoms with van der Waals surface area (Å²) in [6.45, 7) is 2.70. The number of carboxylic acid groups (broad SMARTS) is 1. The molecule has 0 bridgehead atoms. The zero-order valence-electron chi connectivity index (χ0n) is 13.5. The van der Waals surface area contributed by atoms with Gasteiger partial charge in [-0.15, -0.1) is 0 Å². The molecule has 1 aliphatic heterocycles. The van der Waals surface area contributed by atoms with Crippen LogP contribution in [0.5, 0.6) is 0 Å². The first-order valence-electron chi connectivity index (χ1n) is 7.72. The van der Waals surface area contributed by atoms with E-state index < -0.39 is 11.9 Å². The van der Waals surface area contributed by atoms with Gasteiger partial charge in [0.25, 0.3) is 0 Å². The molecular formula is C16H23ClFN3O2. The van der Waals surface area contributed by atoms with Gasteiger partial charge in [0.1, 0.15) is 5.82 Å². The second kappa shape index (κ2) is 7.84. The van der Waals surface area contributed by atoms with Crippen LogP contribution in [-0.2, 0) is 0 Å². The Balaban J connectivity index is 2.14. The maximum atomic E-state index is 13.4. The van der Waals surface area contributed by atoms with Crippen LogP contribution < -0.4 is 4.90 Å². The van der Waals surface area contributed by atoms with Gasteiger partial charge in [0, 0.05) is 31.4 Å². The minimum absolute atomic E-state index is 0.0909. The zero-order valence-corrected chi connectivity index (χ0v) is 14.3. The van der Waals surface area contributed by atoms with Gasteiger partial charge < -0.3 is 19.8 Å². The quantitative estimate of drug-likeness (QED) is 0.862. The lowest BCUT2D eigenvalue weighted by Gasteiger charge is -2.31. The summed E-state index contributed by atoms with van der Waals surface area (Å²) in [4.78, 5) is 16.8. The minimum atomic E-state index is -0.891. The molecule has 7 heteroatoms. The average Bonchev–Trinajstić information content (AvgIpc) is 2.96. The highest BCUT2D eigenvalue weighted by Gasteiger charge is 2.30. The molecule has 0 aromatic heterocycles. The first-order chi connectivity index (χ1) is 10.9. The third-order valence-corrected chi connectivity index (χ3v) is 4.40. The molecular weight excluding hydrogens is 321 g/mol. The van der Waals surface area contributed by atoms with Crippen LogP contribution in [0.15, 0.2) is 18.2 Å². The highest BCUT2D eigenvalue weighted by molar-refractivity contribution is 6.31. The Hall–Kier alpha value is -1.53. The van der Waals surface area contributed by atoms with Crippen LogP contribution in [0.4, 0.5) is 14.9 Å². The highest BCUT2D eigenvalue weighted by Crippen LogP contribution is 2.27. The number of amides is 1. The number of halogens is 2. The molecule has 1 atom stereocenters. The zero-order chi connectivity index (χ0) is 17.0. The van der Waals surface area contributed by atoms with Gasteiger partial charge >= 0.3 is 6.09 Å². The molecule has 1 aliphatic rings. The van der Waals surface area contributed by atoms with Crippen molar-refractivity contribution in [2.24, 2.45) is 0 Å². The molecule has 1 N–H and O–H groups in total. The molecule has 0 unspecified atom stereocenters. The molecule has 23 heavy (non-hydrogen) atoms. The van der Waals surface area contributed by atoms with Gasteiger partial charge in [-0.1, -0.05) is 11.6 Å². The lowest BCUT2D eigenvalue weighted by Crippen LogP contribution is -2.40. The Morgan fingerprint density at radius 2 is 2.17 bits per heavy atom. The molecule has 1 aromatic carbocycles. The number of rotatable bonds is 6. The van der Waals surface area contributed by atoms with Crippen molar-refractivity contribution in [1.29, 1.82) is 0 Å². The first-order valence-corrected chi connectivity index (χ1v) is 8.10. The SMILES string of the molecule is CN(C)CCCN(c1ccc(F)c(Cl)c1)[C@H]1CCN(C(=O)O)C1. The third-order valence-electron chi connectivity index (χ3n) is 4.11. The number of nitrogens with zero attached hydrogens (tertiary/aromatic N) is 3. The Bertz CT molecular complexity index is 556. The van der Waals surface area contributed by atoms with Crippen molar-refractivity contribution in [2.45, 2.75) is 18.9 Å². The minimum Gasteiger partial charge on any atom is -0.465 e. The van der Waals surface area contributed by atoms with Crippen molar-refractivity contribution in [3.05, 3.63) is 29.0 Å². The van der Waals surface area contributed by atoms with Gasteiger partial charge in [-0.3, -0.25) is 0 Å². The second-order valence-corrected chi connectivity index (χ2v) is 6.53. The van der Waals surface area contributed by atoms with Crippen LogP contribution in [0.25, 0.3) is 0 Å². The maximum absolute atomic E-state index is 13.4. The molecule has 5 nitrogen and oxygen atoms in total. The summed E-state index contributed by atoms with van der Waals surface area (Å²) >= 11 is 5.91. The van der Waals surface area contributed by atoms with Crippen molar-refractivity contribution in [3.63, 3.8) is 0 Å². The predicted octanol–water partition coefficient (Wildman–Crippen LogP) is 2.99. The molecule has 1 saturated heterocycles. The van der Waals surface area contributed by atoms with Crippen LogP contribution in [0.2, 0.25) is 5.02 Å². The molecule has 1 fully saturated rings. The van der Waals surface area contributed by atoms with Gasteiger partial charge in [-0.05, 0) is 51.7 Å². The first kappa shape index (κ1) is 17.8. The lowest BCUT2D eigenvalue weighted by molar-refractivity contribution is 0.155. The van der Waals surface area contributed by atoms with Crippen LogP contribution in [0, 0.1) is 5.82 Å². The molecule has 0 radical (unpaired) electrons. The molecule has 0 aliphatic carbocycles. The number of hydrogen-bond acceptors (Lipinski definition) is 3. The van der Waals surface area contributed by atoms with Gasteiger partial charge in [0.15, 0.2) is 0 Å². The Morgan fingerprint density at radius 3 is 2.74 bits per heavy atom. The number of hydrogen-bond donors (Lipinski definition) is 1. The van der Waals surface area contributed by atoms with Crippen molar-refractivity contribution >= 4 is 23.4 Å². The van der Waals surface area contributed by atoms with Crippen molar-refractivity contribution in [3.8, 4) is 0 Å². The molecule has 1 amide bonds. The number of benzene rings is 1. The van der Waals surface area contributed by atoms with E-state index >= 15 is 0 Å². The van der Waals surface area contributed by atoms with Crippen LogP contribution in [0.1, 0.15) is 12.8 Å². The number of anilines is 1. The van der Waals surface area contributed by atoms with Crippen LogP contribution in [-0.4, -0.2) is 67.3 Å². The van der Waals surface area contributed by atoms with E-state index in [-0.39, 0.29) is 11.1 Å². The fourth-order valence-corrected chi connectivity index (χ4v) is 3.09. The van der Waals surface area contributed by atoms with Crippen molar-refractivity contribution in [1.82, 2.24) is 9.80 Å². The molecule has 1 heterocycles. The van der Waals surface area contributed by atoms with Crippen LogP contribution in [0.3, 0.4) is 0 Å². The van der Waals surface area contributed by atoms with Gasteiger partial charge in [0.05, 0.1) is 5.02 Å². The van der Waals surface area contributed by atoms with E-state index in [9.17, 15) is 9.18 Å². The average molecular weight is 344 g/mol. The lowest BCUT2D eigenvalue weighted by atomic mass is 10.1. The molecule has 0 spiro atoms. The van der Waals surface area contributed by atoms with E-state index in [0.717, 1.165) is 31.6 Å². The van der Waals surface area contributed by atoms with E-state index in [2.05, 4.69) is 9.80 Å². The third kappa shape index (κ3) is 4.72. The highest BCUT2D eigenvalue weighted by atomic mass is 35.5. The van der Waals surface area contributed by atoms with E-state index in [0.29, 0.717) is 13.1 Å². The normalized spacial score (nSPS) is 17.8. The van der Waals surface area contributed by atoms with Gasteiger partial charge in [-0.25, -0.2) is 9.18 Å². The Morgan fingerprint density at radius 1 is 1.43 bits per heavy atom. The standard InChI is InChI=1S/C16H23ClFN3O2/c1-19(2)7-3-8-21(12-4-5-15(18)14(17)10-12)13-6-9-20(11-13)16(22)23/h4-5,10,13H,3,6-9,11H2,1-2H3,(H,22,23)/t13-/m0/s1. The summed E-state index contributed by atoms with van der Waals surface area (Å²) in [6, 6.07) is 4.78.